The Bertz CT molecular complexity index is 331. The lowest BCUT2D eigenvalue weighted by atomic mass is 10.1. The number of alkyl halides is 1. The Kier molecular flexibility index (Phi) is 4.48. The van der Waals surface area contributed by atoms with Gasteiger partial charge in [-0.3, -0.25) is 0 Å². The molecule has 1 aromatic rings. The summed E-state index contributed by atoms with van der Waals surface area (Å²) in [4.78, 5) is 0. The van der Waals surface area contributed by atoms with E-state index < -0.39 is 19.1 Å². The van der Waals surface area contributed by atoms with E-state index in [2.05, 4.69) is 0 Å². The smallest absolute Gasteiger partial charge is 0.155 e. The second-order valence-corrected chi connectivity index (χ2v) is 4.20. The molecule has 3 nitrogen and oxygen atoms in total. The van der Waals surface area contributed by atoms with Gasteiger partial charge in [-0.05, 0) is 12.0 Å². The van der Waals surface area contributed by atoms with Crippen LogP contribution in [0.1, 0.15) is 18.4 Å². The third kappa shape index (κ3) is 3.49. The zero-order chi connectivity index (χ0) is 12.1. The van der Waals surface area contributed by atoms with Crippen molar-refractivity contribution >= 4 is 0 Å². The summed E-state index contributed by atoms with van der Waals surface area (Å²) in [7, 11) is 0. The van der Waals surface area contributed by atoms with Gasteiger partial charge in [-0.1, -0.05) is 30.3 Å². The van der Waals surface area contributed by atoms with Crippen LogP contribution in [0.5, 0.6) is 0 Å². The topological polar surface area (TPSA) is 38.7 Å². The van der Waals surface area contributed by atoms with E-state index in [1.807, 2.05) is 30.3 Å². The van der Waals surface area contributed by atoms with Crippen LogP contribution in [0.25, 0.3) is 0 Å². The summed E-state index contributed by atoms with van der Waals surface area (Å²) in [6, 6.07) is 9.73. The summed E-state index contributed by atoms with van der Waals surface area (Å²) >= 11 is 0. The van der Waals surface area contributed by atoms with Crippen molar-refractivity contribution in [1.29, 1.82) is 0 Å². The fraction of sp³-hybridized carbons (Fsp3) is 0.538. The second kappa shape index (κ2) is 6.10. The van der Waals surface area contributed by atoms with Crippen LogP contribution in [0.15, 0.2) is 30.3 Å². The molecule has 1 aromatic carbocycles. The largest absolute Gasteiger partial charge is 0.371 e. The predicted octanol–water partition coefficient (Wildman–Crippen LogP) is 2.04. The molecule has 0 aliphatic carbocycles. The Balaban J connectivity index is 1.85. The van der Waals surface area contributed by atoms with Gasteiger partial charge in [0.2, 0.25) is 0 Å². The molecule has 2 rings (SSSR count). The maximum atomic E-state index is 12.7. The van der Waals surface area contributed by atoms with Crippen LogP contribution in [-0.4, -0.2) is 30.3 Å². The van der Waals surface area contributed by atoms with Gasteiger partial charge in [0.05, 0.1) is 12.7 Å². The van der Waals surface area contributed by atoms with E-state index in [0.29, 0.717) is 19.4 Å². The fourth-order valence-corrected chi connectivity index (χ4v) is 1.95. The number of benzene rings is 1. The average Bonchev–Trinajstić information content (AvgIpc) is 2.38. The number of halogens is 1. The average molecular weight is 240 g/mol. The first-order valence-corrected chi connectivity index (χ1v) is 5.84. The molecule has 1 aliphatic rings. The van der Waals surface area contributed by atoms with Gasteiger partial charge < -0.3 is 14.6 Å². The highest BCUT2D eigenvalue weighted by atomic mass is 19.1. The minimum absolute atomic E-state index is 0.274. The number of hydrogen-bond acceptors (Lipinski definition) is 3. The van der Waals surface area contributed by atoms with Crippen molar-refractivity contribution in [3.8, 4) is 0 Å². The zero-order valence-corrected chi connectivity index (χ0v) is 9.59. The van der Waals surface area contributed by atoms with Crippen molar-refractivity contribution in [3.63, 3.8) is 0 Å². The number of rotatable bonds is 4. The molecule has 1 heterocycles. The van der Waals surface area contributed by atoms with Crippen LogP contribution < -0.4 is 0 Å². The number of hydrogen-bond donors (Lipinski definition) is 1. The third-order valence-electron chi connectivity index (χ3n) is 2.90. The van der Waals surface area contributed by atoms with E-state index in [-0.39, 0.29) is 6.10 Å². The molecule has 0 saturated carbocycles. The number of ether oxygens (including phenoxy) is 2. The Morgan fingerprint density at radius 1 is 1.29 bits per heavy atom. The highest BCUT2D eigenvalue weighted by molar-refractivity contribution is 5.13. The van der Waals surface area contributed by atoms with Crippen molar-refractivity contribution in [2.24, 2.45) is 0 Å². The minimum atomic E-state index is -0.854. The molecule has 0 spiro atoms. The van der Waals surface area contributed by atoms with Crippen molar-refractivity contribution in [2.75, 3.05) is 6.67 Å². The Morgan fingerprint density at radius 2 is 2.06 bits per heavy atom. The van der Waals surface area contributed by atoms with Gasteiger partial charge in [0, 0.05) is 6.42 Å². The molecule has 0 aromatic heterocycles. The quantitative estimate of drug-likeness (QED) is 0.875. The standard InChI is InChI=1S/C13H17FO3/c14-8-12-11(6-7-13(15)17-12)16-9-10-4-2-1-3-5-10/h1-5,11-13,15H,6-9H2. The summed E-state index contributed by atoms with van der Waals surface area (Å²) in [6.07, 6.45) is -0.656. The van der Waals surface area contributed by atoms with Crippen LogP contribution in [0.3, 0.4) is 0 Å². The lowest BCUT2D eigenvalue weighted by molar-refractivity contribution is -0.214. The Labute approximate surface area is 100 Å². The van der Waals surface area contributed by atoms with Gasteiger partial charge in [0.1, 0.15) is 12.8 Å². The molecule has 94 valence electrons. The Morgan fingerprint density at radius 3 is 2.76 bits per heavy atom. The summed E-state index contributed by atoms with van der Waals surface area (Å²) in [5.74, 6) is 0. The van der Waals surface area contributed by atoms with E-state index in [0.717, 1.165) is 5.56 Å². The fourth-order valence-electron chi connectivity index (χ4n) is 1.95. The highest BCUT2D eigenvalue weighted by Crippen LogP contribution is 2.22. The first-order chi connectivity index (χ1) is 8.29. The van der Waals surface area contributed by atoms with Crippen LogP contribution in [0.4, 0.5) is 4.39 Å². The van der Waals surface area contributed by atoms with Gasteiger partial charge in [-0.2, -0.15) is 0 Å². The van der Waals surface area contributed by atoms with Crippen LogP contribution >= 0.6 is 0 Å². The summed E-state index contributed by atoms with van der Waals surface area (Å²) < 4.78 is 23.4. The SMILES string of the molecule is OC1CCC(OCc2ccccc2)C(CF)O1. The van der Waals surface area contributed by atoms with Gasteiger partial charge in [-0.15, -0.1) is 0 Å². The normalized spacial score (nSPS) is 29.2. The van der Waals surface area contributed by atoms with Gasteiger partial charge >= 0.3 is 0 Å². The number of aliphatic hydroxyl groups excluding tert-OH is 1. The summed E-state index contributed by atoms with van der Waals surface area (Å²) in [5, 5.41) is 9.27. The van der Waals surface area contributed by atoms with E-state index in [9.17, 15) is 9.50 Å². The van der Waals surface area contributed by atoms with Gasteiger partial charge in [0.25, 0.3) is 0 Å². The summed E-state index contributed by atoms with van der Waals surface area (Å²) in [6.45, 7) is -0.183. The minimum Gasteiger partial charge on any atom is -0.371 e. The molecule has 0 bridgehead atoms. The molecular formula is C13H17FO3. The first kappa shape index (κ1) is 12.5. The van der Waals surface area contributed by atoms with Crippen LogP contribution in [0.2, 0.25) is 0 Å². The molecule has 1 fully saturated rings. The number of aliphatic hydroxyl groups is 1. The van der Waals surface area contributed by atoms with Crippen molar-refractivity contribution in [2.45, 2.75) is 37.9 Å². The first-order valence-electron chi connectivity index (χ1n) is 5.84. The maximum absolute atomic E-state index is 12.7. The lowest BCUT2D eigenvalue weighted by Gasteiger charge is -2.32. The molecule has 1 N–H and O–H groups in total. The highest BCUT2D eigenvalue weighted by Gasteiger charge is 2.31. The molecule has 17 heavy (non-hydrogen) atoms. The van der Waals surface area contributed by atoms with Crippen molar-refractivity contribution in [3.05, 3.63) is 35.9 Å². The van der Waals surface area contributed by atoms with Crippen LogP contribution in [-0.2, 0) is 16.1 Å². The molecule has 1 saturated heterocycles. The van der Waals surface area contributed by atoms with Gasteiger partial charge in [-0.25, -0.2) is 4.39 Å². The van der Waals surface area contributed by atoms with Gasteiger partial charge in [0.15, 0.2) is 6.29 Å². The Hall–Kier alpha value is -0.970. The third-order valence-corrected chi connectivity index (χ3v) is 2.90. The molecule has 0 radical (unpaired) electrons. The van der Waals surface area contributed by atoms with Crippen LogP contribution in [0, 0.1) is 0 Å². The molecule has 0 amide bonds. The van der Waals surface area contributed by atoms with Crippen molar-refractivity contribution in [1.82, 2.24) is 0 Å². The molecule has 3 unspecified atom stereocenters. The summed E-state index contributed by atoms with van der Waals surface area (Å²) in [5.41, 5.74) is 1.05. The molecule has 4 heteroatoms. The lowest BCUT2D eigenvalue weighted by Crippen LogP contribution is -2.41. The molecule has 1 aliphatic heterocycles. The zero-order valence-electron chi connectivity index (χ0n) is 9.59. The maximum Gasteiger partial charge on any atom is 0.155 e. The predicted molar refractivity (Wildman–Crippen MR) is 61.1 cm³/mol. The molecular weight excluding hydrogens is 223 g/mol. The van der Waals surface area contributed by atoms with Crippen molar-refractivity contribution < 1.29 is 19.0 Å². The van der Waals surface area contributed by atoms with E-state index in [1.54, 1.807) is 0 Å². The monoisotopic (exact) mass is 240 g/mol. The van der Waals surface area contributed by atoms with E-state index in [1.165, 1.54) is 0 Å². The van der Waals surface area contributed by atoms with E-state index >= 15 is 0 Å². The van der Waals surface area contributed by atoms with E-state index in [4.69, 9.17) is 9.47 Å². The molecule has 3 atom stereocenters. The second-order valence-electron chi connectivity index (χ2n) is 4.20.